The predicted molar refractivity (Wildman–Crippen MR) is 83.3 cm³/mol. The van der Waals surface area contributed by atoms with Crippen molar-refractivity contribution in [2.45, 2.75) is 4.90 Å². The first-order chi connectivity index (χ1) is 10.2. The highest BCUT2D eigenvalue weighted by molar-refractivity contribution is 7.86. The molecule has 0 aliphatic carbocycles. The fourth-order valence-corrected chi connectivity index (χ4v) is 3.56. The van der Waals surface area contributed by atoms with E-state index in [-0.39, 0.29) is 11.5 Å². The first kappa shape index (κ1) is 14.0. The van der Waals surface area contributed by atoms with Gasteiger partial charge in [0.1, 0.15) is 11.8 Å². The van der Waals surface area contributed by atoms with Crippen LogP contribution < -0.4 is 0 Å². The number of para-hydroxylation sites is 1. The molecule has 3 aromatic rings. The van der Waals surface area contributed by atoms with Crippen molar-refractivity contribution in [3.05, 3.63) is 65.4 Å². The zero-order valence-electron chi connectivity index (χ0n) is 10.9. The molecule has 5 heteroatoms. The van der Waals surface area contributed by atoms with Crippen LogP contribution >= 0.6 is 11.6 Å². The highest BCUT2D eigenvalue weighted by Crippen LogP contribution is 2.23. The predicted octanol–water partition coefficient (Wildman–Crippen LogP) is 4.08. The summed E-state index contributed by atoms with van der Waals surface area (Å²) in [7, 11) is -1.48. The lowest BCUT2D eigenvalue weighted by Crippen LogP contribution is -2.11. The molecule has 0 bridgehead atoms. The Morgan fingerprint density at radius 1 is 1.10 bits per heavy atom. The van der Waals surface area contributed by atoms with Crippen LogP contribution in [0.3, 0.4) is 0 Å². The van der Waals surface area contributed by atoms with E-state index in [2.05, 4.69) is 0 Å². The van der Waals surface area contributed by atoms with E-state index in [0.29, 0.717) is 21.1 Å². The van der Waals surface area contributed by atoms with E-state index in [4.69, 9.17) is 16.0 Å². The SMILES string of the molecule is O=C(CS(=O)c1ccccc1Cl)c1coc2ccccc12. The number of carbonyl (C=O) groups is 1. The zero-order valence-corrected chi connectivity index (χ0v) is 12.5. The van der Waals surface area contributed by atoms with Crippen molar-refractivity contribution < 1.29 is 13.4 Å². The molecule has 1 aromatic heterocycles. The van der Waals surface area contributed by atoms with E-state index < -0.39 is 10.8 Å². The number of Topliss-reactive ketones (excluding diaryl/α,β-unsaturated/α-hetero) is 1. The van der Waals surface area contributed by atoms with Crippen molar-refractivity contribution >= 4 is 39.2 Å². The van der Waals surface area contributed by atoms with Crippen LogP contribution in [0.2, 0.25) is 5.02 Å². The van der Waals surface area contributed by atoms with Gasteiger partial charge in [-0.15, -0.1) is 0 Å². The van der Waals surface area contributed by atoms with Crippen molar-refractivity contribution in [1.82, 2.24) is 0 Å². The summed E-state index contributed by atoms with van der Waals surface area (Å²) in [5.41, 5.74) is 1.09. The number of fused-ring (bicyclic) bond motifs is 1. The van der Waals surface area contributed by atoms with Gasteiger partial charge in [0.25, 0.3) is 0 Å². The average molecular weight is 319 g/mol. The molecule has 1 heterocycles. The van der Waals surface area contributed by atoms with Gasteiger partial charge in [0.2, 0.25) is 0 Å². The number of halogens is 1. The number of benzene rings is 2. The highest BCUT2D eigenvalue weighted by atomic mass is 35.5. The third kappa shape index (κ3) is 2.77. The Bertz CT molecular complexity index is 838. The lowest BCUT2D eigenvalue weighted by Gasteiger charge is -2.03. The van der Waals surface area contributed by atoms with Gasteiger partial charge in [-0.25, -0.2) is 0 Å². The van der Waals surface area contributed by atoms with Crippen molar-refractivity contribution in [2.75, 3.05) is 5.75 Å². The normalized spacial score (nSPS) is 12.4. The van der Waals surface area contributed by atoms with Crippen LogP contribution in [0.4, 0.5) is 0 Å². The quantitative estimate of drug-likeness (QED) is 0.681. The second-order valence-corrected chi connectivity index (χ2v) is 6.32. The first-order valence-corrected chi connectivity index (χ1v) is 7.99. The molecule has 2 aromatic carbocycles. The summed E-state index contributed by atoms with van der Waals surface area (Å²) in [6.07, 6.45) is 1.41. The highest BCUT2D eigenvalue weighted by Gasteiger charge is 2.18. The summed E-state index contributed by atoms with van der Waals surface area (Å²) in [5, 5.41) is 1.14. The summed E-state index contributed by atoms with van der Waals surface area (Å²) >= 11 is 6.00. The second-order valence-electron chi connectivity index (χ2n) is 4.49. The van der Waals surface area contributed by atoms with E-state index in [1.807, 2.05) is 18.2 Å². The van der Waals surface area contributed by atoms with Crippen LogP contribution in [0, 0.1) is 0 Å². The Morgan fingerprint density at radius 2 is 1.81 bits per heavy atom. The maximum Gasteiger partial charge on any atom is 0.179 e. The van der Waals surface area contributed by atoms with Crippen LogP contribution in [0.1, 0.15) is 10.4 Å². The molecule has 0 saturated heterocycles. The van der Waals surface area contributed by atoms with Gasteiger partial charge in [0, 0.05) is 5.39 Å². The lowest BCUT2D eigenvalue weighted by atomic mass is 10.1. The van der Waals surface area contributed by atoms with Gasteiger partial charge in [-0.1, -0.05) is 41.9 Å². The van der Waals surface area contributed by atoms with E-state index in [9.17, 15) is 9.00 Å². The smallest absolute Gasteiger partial charge is 0.179 e. The Kier molecular flexibility index (Phi) is 3.90. The van der Waals surface area contributed by atoms with Gasteiger partial charge >= 0.3 is 0 Å². The van der Waals surface area contributed by atoms with Crippen LogP contribution in [-0.2, 0) is 10.8 Å². The Morgan fingerprint density at radius 3 is 2.62 bits per heavy atom. The molecule has 3 nitrogen and oxygen atoms in total. The number of hydrogen-bond donors (Lipinski definition) is 0. The van der Waals surface area contributed by atoms with Gasteiger partial charge in [-0.2, -0.15) is 0 Å². The summed E-state index contributed by atoms with van der Waals surface area (Å²) in [6.45, 7) is 0. The van der Waals surface area contributed by atoms with Crippen LogP contribution in [0.5, 0.6) is 0 Å². The molecule has 0 saturated carbocycles. The molecule has 0 spiro atoms. The van der Waals surface area contributed by atoms with Crippen LogP contribution in [0.15, 0.2) is 64.1 Å². The van der Waals surface area contributed by atoms with E-state index in [0.717, 1.165) is 5.39 Å². The average Bonchev–Trinajstić information content (AvgIpc) is 2.91. The van der Waals surface area contributed by atoms with Gasteiger partial charge < -0.3 is 4.42 Å². The third-order valence-electron chi connectivity index (χ3n) is 3.13. The fourth-order valence-electron chi connectivity index (χ4n) is 2.10. The molecule has 0 aliphatic rings. The minimum atomic E-state index is -1.48. The Balaban J connectivity index is 1.87. The van der Waals surface area contributed by atoms with Crippen molar-refractivity contribution in [2.24, 2.45) is 0 Å². The molecule has 0 radical (unpaired) electrons. The molecular weight excluding hydrogens is 308 g/mol. The molecule has 106 valence electrons. The fraction of sp³-hybridized carbons (Fsp3) is 0.0625. The van der Waals surface area contributed by atoms with Gasteiger partial charge in [-0.05, 0) is 18.2 Å². The topological polar surface area (TPSA) is 47.3 Å². The second kappa shape index (κ2) is 5.84. The molecule has 0 aliphatic heterocycles. The molecule has 0 amide bonds. The van der Waals surface area contributed by atoms with Gasteiger partial charge in [0.15, 0.2) is 5.78 Å². The molecular formula is C16H11ClO3S. The maximum absolute atomic E-state index is 12.3. The van der Waals surface area contributed by atoms with E-state index in [1.54, 1.807) is 30.3 Å². The van der Waals surface area contributed by atoms with Crippen molar-refractivity contribution in [3.8, 4) is 0 Å². The van der Waals surface area contributed by atoms with Gasteiger partial charge in [0.05, 0.1) is 32.0 Å². The molecule has 1 unspecified atom stereocenters. The van der Waals surface area contributed by atoms with E-state index in [1.165, 1.54) is 6.26 Å². The Hall–Kier alpha value is -1.91. The number of hydrogen-bond acceptors (Lipinski definition) is 3. The molecule has 0 N–H and O–H groups in total. The maximum atomic E-state index is 12.3. The van der Waals surface area contributed by atoms with Crippen molar-refractivity contribution in [1.29, 1.82) is 0 Å². The molecule has 21 heavy (non-hydrogen) atoms. The summed E-state index contributed by atoms with van der Waals surface area (Å²) < 4.78 is 17.6. The third-order valence-corrected chi connectivity index (χ3v) is 4.94. The number of carbonyl (C=O) groups excluding carboxylic acids is 1. The zero-order chi connectivity index (χ0) is 14.8. The lowest BCUT2D eigenvalue weighted by molar-refractivity contribution is 0.102. The number of rotatable bonds is 4. The van der Waals surface area contributed by atoms with E-state index >= 15 is 0 Å². The van der Waals surface area contributed by atoms with Crippen LogP contribution in [-0.4, -0.2) is 15.7 Å². The molecule has 3 rings (SSSR count). The number of furan rings is 1. The monoisotopic (exact) mass is 318 g/mol. The summed E-state index contributed by atoms with van der Waals surface area (Å²) in [6, 6.07) is 14.1. The first-order valence-electron chi connectivity index (χ1n) is 6.29. The Labute approximate surface area is 129 Å². The molecule has 0 fully saturated rings. The van der Waals surface area contributed by atoms with Crippen molar-refractivity contribution in [3.63, 3.8) is 0 Å². The standard InChI is InChI=1S/C16H11ClO3S/c17-13-6-2-4-8-16(13)21(19)10-14(18)12-9-20-15-7-3-1-5-11(12)15/h1-9H,10H2. The largest absolute Gasteiger partial charge is 0.464 e. The number of ketones is 1. The van der Waals surface area contributed by atoms with Crippen LogP contribution in [0.25, 0.3) is 11.0 Å². The minimum Gasteiger partial charge on any atom is -0.464 e. The molecule has 1 atom stereocenters. The minimum absolute atomic E-state index is 0.118. The summed E-state index contributed by atoms with van der Waals surface area (Å²) in [4.78, 5) is 12.8. The van der Waals surface area contributed by atoms with Gasteiger partial charge in [-0.3, -0.25) is 9.00 Å². The summed E-state index contributed by atoms with van der Waals surface area (Å²) in [5.74, 6) is -0.342.